The van der Waals surface area contributed by atoms with Gasteiger partial charge in [-0.15, -0.1) is 0 Å². The SMILES string of the molecule is CC1(C)CC(=O)C=C(Nc2ccccc2)O1. The molecule has 0 amide bonds. The highest BCUT2D eigenvalue weighted by atomic mass is 16.5. The normalized spacial score (nSPS) is 18.6. The van der Waals surface area contributed by atoms with Crippen LogP contribution in [0.15, 0.2) is 42.3 Å². The highest BCUT2D eigenvalue weighted by Crippen LogP contribution is 2.25. The Balaban J connectivity index is 2.14. The van der Waals surface area contributed by atoms with Crippen LogP contribution in [0, 0.1) is 0 Å². The molecule has 0 radical (unpaired) electrons. The van der Waals surface area contributed by atoms with Crippen molar-refractivity contribution < 1.29 is 9.53 Å². The number of hydrogen-bond acceptors (Lipinski definition) is 3. The third kappa shape index (κ3) is 2.63. The monoisotopic (exact) mass is 217 g/mol. The lowest BCUT2D eigenvalue weighted by molar-refractivity contribution is -0.121. The topological polar surface area (TPSA) is 38.3 Å². The first kappa shape index (κ1) is 10.7. The third-order valence-corrected chi connectivity index (χ3v) is 2.32. The Labute approximate surface area is 95.1 Å². The molecule has 0 atom stereocenters. The number of anilines is 1. The number of ether oxygens (including phenoxy) is 1. The van der Waals surface area contributed by atoms with Gasteiger partial charge in [-0.2, -0.15) is 0 Å². The first-order chi connectivity index (χ1) is 7.55. The molecular formula is C13H15NO2. The smallest absolute Gasteiger partial charge is 0.195 e. The van der Waals surface area contributed by atoms with Gasteiger partial charge in [0.05, 0.1) is 0 Å². The summed E-state index contributed by atoms with van der Waals surface area (Å²) in [7, 11) is 0. The van der Waals surface area contributed by atoms with E-state index in [1.165, 1.54) is 6.08 Å². The fourth-order valence-corrected chi connectivity index (χ4v) is 1.71. The van der Waals surface area contributed by atoms with Gasteiger partial charge in [0.2, 0.25) is 0 Å². The van der Waals surface area contributed by atoms with E-state index in [1.54, 1.807) is 0 Å². The Bertz CT molecular complexity index is 421. The number of hydrogen-bond donors (Lipinski definition) is 1. The predicted molar refractivity (Wildman–Crippen MR) is 62.9 cm³/mol. The van der Waals surface area contributed by atoms with Gasteiger partial charge < -0.3 is 10.1 Å². The van der Waals surface area contributed by atoms with Crippen molar-refractivity contribution in [3.8, 4) is 0 Å². The lowest BCUT2D eigenvalue weighted by atomic mass is 9.99. The van der Waals surface area contributed by atoms with E-state index in [9.17, 15) is 4.79 Å². The van der Waals surface area contributed by atoms with E-state index >= 15 is 0 Å². The van der Waals surface area contributed by atoms with Crippen molar-refractivity contribution in [2.24, 2.45) is 0 Å². The molecule has 3 nitrogen and oxygen atoms in total. The molecule has 1 N–H and O–H groups in total. The Morgan fingerprint density at radius 3 is 2.56 bits per heavy atom. The molecule has 0 aliphatic carbocycles. The molecule has 16 heavy (non-hydrogen) atoms. The van der Waals surface area contributed by atoms with Crippen molar-refractivity contribution in [1.29, 1.82) is 0 Å². The zero-order valence-corrected chi connectivity index (χ0v) is 9.49. The van der Waals surface area contributed by atoms with Crippen molar-refractivity contribution in [3.63, 3.8) is 0 Å². The summed E-state index contributed by atoms with van der Waals surface area (Å²) in [4.78, 5) is 11.5. The van der Waals surface area contributed by atoms with Gasteiger partial charge in [-0.05, 0) is 26.0 Å². The van der Waals surface area contributed by atoms with Crippen LogP contribution in [-0.4, -0.2) is 11.4 Å². The van der Waals surface area contributed by atoms with Gasteiger partial charge in [0.25, 0.3) is 0 Å². The number of rotatable bonds is 2. The van der Waals surface area contributed by atoms with Crippen molar-refractivity contribution in [1.82, 2.24) is 0 Å². The minimum Gasteiger partial charge on any atom is -0.472 e. The summed E-state index contributed by atoms with van der Waals surface area (Å²) in [6.07, 6.45) is 1.94. The molecule has 2 rings (SSSR count). The van der Waals surface area contributed by atoms with Crippen molar-refractivity contribution in [2.75, 3.05) is 5.32 Å². The summed E-state index contributed by atoms with van der Waals surface area (Å²) in [6.45, 7) is 3.81. The number of nitrogens with one attached hydrogen (secondary N) is 1. The quantitative estimate of drug-likeness (QED) is 0.827. The second-order valence-corrected chi connectivity index (χ2v) is 4.50. The molecule has 1 aromatic rings. The Kier molecular flexibility index (Phi) is 2.69. The first-order valence-corrected chi connectivity index (χ1v) is 5.31. The van der Waals surface area contributed by atoms with Crippen LogP contribution < -0.4 is 5.32 Å². The van der Waals surface area contributed by atoms with Crippen molar-refractivity contribution >= 4 is 11.5 Å². The molecule has 84 valence electrons. The maximum absolute atomic E-state index is 11.5. The van der Waals surface area contributed by atoms with E-state index in [4.69, 9.17) is 4.74 Å². The largest absolute Gasteiger partial charge is 0.472 e. The fraction of sp³-hybridized carbons (Fsp3) is 0.308. The second kappa shape index (κ2) is 4.00. The molecule has 0 aromatic heterocycles. The van der Waals surface area contributed by atoms with Crippen LogP contribution in [0.1, 0.15) is 20.3 Å². The van der Waals surface area contributed by atoms with Crippen LogP contribution >= 0.6 is 0 Å². The molecule has 0 spiro atoms. The van der Waals surface area contributed by atoms with Crippen molar-refractivity contribution in [2.45, 2.75) is 25.9 Å². The minimum atomic E-state index is -0.428. The predicted octanol–water partition coefficient (Wildman–Crippen LogP) is 2.71. The minimum absolute atomic E-state index is 0.0923. The summed E-state index contributed by atoms with van der Waals surface area (Å²) in [5.74, 6) is 0.613. The van der Waals surface area contributed by atoms with E-state index in [2.05, 4.69) is 5.32 Å². The van der Waals surface area contributed by atoms with Gasteiger partial charge in [0.1, 0.15) is 5.60 Å². The molecule has 0 saturated heterocycles. The summed E-state index contributed by atoms with van der Waals surface area (Å²) in [5.41, 5.74) is 0.488. The maximum Gasteiger partial charge on any atom is 0.195 e. The average Bonchev–Trinajstić information content (AvgIpc) is 2.15. The zero-order chi connectivity index (χ0) is 11.6. The number of benzene rings is 1. The molecule has 0 unspecified atom stereocenters. The molecule has 1 aromatic carbocycles. The Morgan fingerprint density at radius 1 is 1.25 bits per heavy atom. The maximum atomic E-state index is 11.5. The second-order valence-electron chi connectivity index (χ2n) is 4.50. The van der Waals surface area contributed by atoms with Crippen LogP contribution in [-0.2, 0) is 9.53 Å². The van der Waals surface area contributed by atoms with Gasteiger partial charge in [0.15, 0.2) is 11.7 Å². The Hall–Kier alpha value is -1.77. The highest BCUT2D eigenvalue weighted by Gasteiger charge is 2.28. The first-order valence-electron chi connectivity index (χ1n) is 5.31. The molecule has 1 aliphatic heterocycles. The standard InChI is InChI=1S/C13H15NO2/c1-13(2)9-11(15)8-12(16-13)14-10-6-4-3-5-7-10/h3-8,14H,9H2,1-2H3. The van der Waals surface area contributed by atoms with Gasteiger partial charge in [-0.3, -0.25) is 4.79 Å². The van der Waals surface area contributed by atoms with Gasteiger partial charge in [-0.25, -0.2) is 0 Å². The summed E-state index contributed by atoms with van der Waals surface area (Å²) >= 11 is 0. The van der Waals surface area contributed by atoms with E-state index < -0.39 is 5.60 Å². The number of carbonyl (C=O) groups excluding carboxylic acids is 1. The third-order valence-electron chi connectivity index (χ3n) is 2.32. The van der Waals surface area contributed by atoms with Crippen LogP contribution in [0.5, 0.6) is 0 Å². The van der Waals surface area contributed by atoms with Gasteiger partial charge >= 0.3 is 0 Å². The van der Waals surface area contributed by atoms with Crippen LogP contribution in [0.2, 0.25) is 0 Å². The fourth-order valence-electron chi connectivity index (χ4n) is 1.71. The van der Waals surface area contributed by atoms with Crippen LogP contribution in [0.25, 0.3) is 0 Å². The highest BCUT2D eigenvalue weighted by molar-refractivity contribution is 5.92. The molecule has 1 heterocycles. The number of carbonyl (C=O) groups is 1. The summed E-state index contributed by atoms with van der Waals surface area (Å²) in [6, 6.07) is 9.65. The Morgan fingerprint density at radius 2 is 1.94 bits per heavy atom. The molecule has 0 fully saturated rings. The molecule has 1 aliphatic rings. The number of para-hydroxylation sites is 1. The molecule has 3 heteroatoms. The molecule has 0 saturated carbocycles. The van der Waals surface area contributed by atoms with E-state index in [0.29, 0.717) is 12.3 Å². The zero-order valence-electron chi connectivity index (χ0n) is 9.49. The number of allylic oxidation sites excluding steroid dienone is 1. The van der Waals surface area contributed by atoms with Gasteiger partial charge in [0, 0.05) is 18.2 Å². The van der Waals surface area contributed by atoms with E-state index in [-0.39, 0.29) is 5.78 Å². The summed E-state index contributed by atoms with van der Waals surface area (Å²) < 4.78 is 5.68. The summed E-state index contributed by atoms with van der Waals surface area (Å²) in [5, 5.41) is 3.08. The molecule has 0 bridgehead atoms. The van der Waals surface area contributed by atoms with E-state index in [0.717, 1.165) is 5.69 Å². The lowest BCUT2D eigenvalue weighted by Gasteiger charge is -2.30. The van der Waals surface area contributed by atoms with E-state index in [1.807, 2.05) is 44.2 Å². The van der Waals surface area contributed by atoms with Crippen LogP contribution in [0.3, 0.4) is 0 Å². The average molecular weight is 217 g/mol. The van der Waals surface area contributed by atoms with Crippen molar-refractivity contribution in [3.05, 3.63) is 42.3 Å². The lowest BCUT2D eigenvalue weighted by Crippen LogP contribution is -2.33. The molecular weight excluding hydrogens is 202 g/mol. The van der Waals surface area contributed by atoms with Gasteiger partial charge in [-0.1, -0.05) is 18.2 Å². The van der Waals surface area contributed by atoms with Crippen LogP contribution in [0.4, 0.5) is 5.69 Å². The number of ketones is 1.